The molecule has 0 aromatic heterocycles. The van der Waals surface area contributed by atoms with Gasteiger partial charge >= 0.3 is 6.09 Å². The molecule has 1 fully saturated rings. The summed E-state index contributed by atoms with van der Waals surface area (Å²) in [5.41, 5.74) is 0.920. The molecule has 0 radical (unpaired) electrons. The van der Waals surface area contributed by atoms with Crippen molar-refractivity contribution in [1.82, 2.24) is 21.3 Å². The molecule has 0 saturated heterocycles. The van der Waals surface area contributed by atoms with Crippen molar-refractivity contribution in [3.05, 3.63) is 35.9 Å². The molecule has 12 nitrogen and oxygen atoms in total. The number of aliphatic hydroxyl groups excluding tert-OH is 3. The number of carbonyl (C=O) groups is 4. The third kappa shape index (κ3) is 14.9. The Kier molecular flexibility index (Phi) is 17.0. The molecule has 2 rings (SSSR count). The van der Waals surface area contributed by atoms with Gasteiger partial charge in [-0.3, -0.25) is 14.4 Å². The predicted octanol–water partition coefficient (Wildman–Crippen LogP) is 2.83. The summed E-state index contributed by atoms with van der Waals surface area (Å²) in [5.74, 6) is -1.17. The number of aliphatic hydroxyl groups is 3. The molecule has 12 heteroatoms. The van der Waals surface area contributed by atoms with E-state index in [1.165, 1.54) is 0 Å². The molecule has 1 aliphatic carbocycles. The quantitative estimate of drug-likeness (QED) is 0.112. The summed E-state index contributed by atoms with van der Waals surface area (Å²) >= 11 is 0. The zero-order valence-electron chi connectivity index (χ0n) is 27.8. The summed E-state index contributed by atoms with van der Waals surface area (Å²) in [6, 6.07) is 6.82. The minimum Gasteiger partial charge on any atom is -0.465 e. The molecule has 1 aromatic carbocycles. The second-order valence-electron chi connectivity index (χ2n) is 13.6. The molecule has 1 saturated carbocycles. The van der Waals surface area contributed by atoms with Crippen molar-refractivity contribution in [3.8, 4) is 0 Å². The number of amides is 4. The van der Waals surface area contributed by atoms with E-state index in [0.29, 0.717) is 25.8 Å². The molecular formula is C34H56N4O8. The predicted molar refractivity (Wildman–Crippen MR) is 174 cm³/mol. The molecule has 1 aromatic rings. The van der Waals surface area contributed by atoms with Gasteiger partial charge in [-0.15, -0.1) is 0 Å². The van der Waals surface area contributed by atoms with Gasteiger partial charge < -0.3 is 41.7 Å². The Hall–Kier alpha value is -3.22. The van der Waals surface area contributed by atoms with Crippen LogP contribution in [0.1, 0.15) is 97.5 Å². The van der Waals surface area contributed by atoms with E-state index in [1.807, 2.05) is 58.0 Å². The van der Waals surface area contributed by atoms with Gasteiger partial charge in [-0.25, -0.2) is 4.79 Å². The Morgan fingerprint density at radius 3 is 1.93 bits per heavy atom. The van der Waals surface area contributed by atoms with Gasteiger partial charge in [0.25, 0.3) is 0 Å². The minimum atomic E-state index is -1.55. The van der Waals surface area contributed by atoms with Crippen LogP contribution in [0.3, 0.4) is 0 Å². The number of hydrogen-bond acceptors (Lipinski definition) is 7. The van der Waals surface area contributed by atoms with Crippen LogP contribution in [-0.2, 0) is 20.9 Å². The summed E-state index contributed by atoms with van der Waals surface area (Å²) in [6.45, 7) is 7.98. The third-order valence-corrected chi connectivity index (χ3v) is 8.42. The zero-order valence-corrected chi connectivity index (χ0v) is 27.8. The van der Waals surface area contributed by atoms with Gasteiger partial charge in [0.2, 0.25) is 17.7 Å². The zero-order chi connectivity index (χ0) is 34.2. The van der Waals surface area contributed by atoms with Gasteiger partial charge in [0.1, 0.15) is 12.1 Å². The lowest BCUT2D eigenvalue weighted by atomic mass is 9.83. The Balaban J connectivity index is 1.98. The lowest BCUT2D eigenvalue weighted by molar-refractivity contribution is -0.131. The van der Waals surface area contributed by atoms with Gasteiger partial charge in [0.05, 0.1) is 37.1 Å². The number of hydrogen-bond donors (Lipinski definition) is 8. The number of nitrogens with one attached hydrogen (secondary N) is 4. The lowest BCUT2D eigenvalue weighted by Gasteiger charge is -2.32. The van der Waals surface area contributed by atoms with Crippen LogP contribution in [0.25, 0.3) is 0 Å². The second-order valence-corrected chi connectivity index (χ2v) is 13.6. The molecule has 4 amide bonds. The van der Waals surface area contributed by atoms with Gasteiger partial charge in [-0.2, -0.15) is 0 Å². The number of carbonyl (C=O) groups excluding carboxylic acids is 3. The molecule has 260 valence electrons. The van der Waals surface area contributed by atoms with Crippen molar-refractivity contribution < 1.29 is 39.6 Å². The number of benzene rings is 1. The molecule has 0 spiro atoms. The Morgan fingerprint density at radius 2 is 1.35 bits per heavy atom. The van der Waals surface area contributed by atoms with E-state index in [4.69, 9.17) is 0 Å². The van der Waals surface area contributed by atoms with Crippen LogP contribution in [0, 0.1) is 17.8 Å². The normalized spacial score (nSPS) is 17.8. The SMILES string of the molecule is CC(C)CC(NC(=O)CC(O)C(CC(C)C)NC(=O)CC(O)C(O)C(CC1CCCCC1)NC(=O)O)C(=O)NCc1ccccc1. The highest BCUT2D eigenvalue weighted by Crippen LogP contribution is 2.28. The average Bonchev–Trinajstić information content (AvgIpc) is 2.98. The van der Waals surface area contributed by atoms with Gasteiger partial charge in [-0.1, -0.05) is 90.1 Å². The highest BCUT2D eigenvalue weighted by atomic mass is 16.4. The first-order chi connectivity index (χ1) is 21.7. The molecule has 0 bridgehead atoms. The highest BCUT2D eigenvalue weighted by Gasteiger charge is 2.33. The first-order valence-electron chi connectivity index (χ1n) is 16.7. The van der Waals surface area contributed by atoms with Crippen LogP contribution in [0.5, 0.6) is 0 Å². The fourth-order valence-corrected chi connectivity index (χ4v) is 6.09. The van der Waals surface area contributed by atoms with Crippen molar-refractivity contribution in [2.75, 3.05) is 0 Å². The summed E-state index contributed by atoms with van der Waals surface area (Å²) in [4.78, 5) is 50.3. The standard InChI is InChI=1S/C34H56N4O8/c1-21(2)15-25(36-31(42)19-29(40)32(43)26(38-34(45)46)17-23-11-7-5-8-12-23)28(39)18-30(41)37-27(16-22(3)4)33(44)35-20-24-13-9-6-10-14-24/h6,9-10,13-14,21-23,25-29,32,38-40,43H,5,7-8,11-12,15-20H2,1-4H3,(H,35,44)(H,36,42)(H,37,41)(H,45,46). The number of rotatable bonds is 19. The largest absolute Gasteiger partial charge is 0.465 e. The van der Waals surface area contributed by atoms with E-state index in [-0.39, 0.29) is 30.1 Å². The highest BCUT2D eigenvalue weighted by molar-refractivity contribution is 5.87. The van der Waals surface area contributed by atoms with Crippen molar-refractivity contribution in [3.63, 3.8) is 0 Å². The third-order valence-electron chi connectivity index (χ3n) is 8.42. The van der Waals surface area contributed by atoms with E-state index in [1.54, 1.807) is 0 Å². The lowest BCUT2D eigenvalue weighted by Crippen LogP contribution is -2.52. The Labute approximate surface area is 273 Å². The van der Waals surface area contributed by atoms with Crippen LogP contribution in [0.15, 0.2) is 30.3 Å². The molecule has 8 N–H and O–H groups in total. The Bertz CT molecular complexity index is 1080. The topological polar surface area (TPSA) is 197 Å². The maximum Gasteiger partial charge on any atom is 0.404 e. The molecule has 1 aliphatic rings. The Morgan fingerprint density at radius 1 is 0.761 bits per heavy atom. The van der Waals surface area contributed by atoms with Crippen LogP contribution in [-0.4, -0.2) is 80.7 Å². The van der Waals surface area contributed by atoms with E-state index < -0.39 is 60.8 Å². The van der Waals surface area contributed by atoms with Crippen LogP contribution >= 0.6 is 0 Å². The minimum absolute atomic E-state index is 0.0376. The summed E-state index contributed by atoms with van der Waals surface area (Å²) in [7, 11) is 0. The monoisotopic (exact) mass is 648 g/mol. The fraction of sp³-hybridized carbons (Fsp3) is 0.706. The van der Waals surface area contributed by atoms with E-state index >= 15 is 0 Å². The molecule has 6 unspecified atom stereocenters. The summed E-state index contributed by atoms with van der Waals surface area (Å²) < 4.78 is 0. The molecule has 0 aliphatic heterocycles. The summed E-state index contributed by atoms with van der Waals surface area (Å²) in [5, 5.41) is 52.4. The van der Waals surface area contributed by atoms with Crippen molar-refractivity contribution in [2.45, 2.75) is 135 Å². The summed E-state index contributed by atoms with van der Waals surface area (Å²) in [6.07, 6.45) is -0.446. The van der Waals surface area contributed by atoms with E-state index in [0.717, 1.165) is 37.7 Å². The van der Waals surface area contributed by atoms with E-state index in [2.05, 4.69) is 21.3 Å². The first-order valence-corrected chi connectivity index (χ1v) is 16.7. The van der Waals surface area contributed by atoms with Crippen molar-refractivity contribution in [1.29, 1.82) is 0 Å². The fourth-order valence-electron chi connectivity index (χ4n) is 6.09. The van der Waals surface area contributed by atoms with Gasteiger partial charge in [0.15, 0.2) is 0 Å². The number of carboxylic acid groups (broad SMARTS) is 1. The molecule has 6 atom stereocenters. The van der Waals surface area contributed by atoms with Gasteiger partial charge in [-0.05, 0) is 42.6 Å². The maximum absolute atomic E-state index is 13.0. The second kappa shape index (κ2) is 20.1. The van der Waals surface area contributed by atoms with E-state index in [9.17, 15) is 39.6 Å². The molecule has 0 heterocycles. The van der Waals surface area contributed by atoms with Crippen LogP contribution in [0.4, 0.5) is 4.79 Å². The van der Waals surface area contributed by atoms with Gasteiger partial charge in [0, 0.05) is 6.54 Å². The maximum atomic E-state index is 13.0. The van der Waals surface area contributed by atoms with Crippen molar-refractivity contribution in [2.24, 2.45) is 17.8 Å². The van der Waals surface area contributed by atoms with Crippen LogP contribution < -0.4 is 21.3 Å². The molecular weight excluding hydrogens is 592 g/mol. The van der Waals surface area contributed by atoms with Crippen molar-refractivity contribution >= 4 is 23.8 Å². The first kappa shape index (κ1) is 39.0. The average molecular weight is 649 g/mol. The van der Waals surface area contributed by atoms with Crippen LogP contribution in [0.2, 0.25) is 0 Å². The smallest absolute Gasteiger partial charge is 0.404 e. The molecule has 46 heavy (non-hydrogen) atoms.